The topological polar surface area (TPSA) is 0 Å². The van der Waals surface area contributed by atoms with Gasteiger partial charge in [-0.3, -0.25) is 0 Å². The van der Waals surface area contributed by atoms with Crippen molar-refractivity contribution in [3.63, 3.8) is 0 Å². The summed E-state index contributed by atoms with van der Waals surface area (Å²) in [5.74, 6) is 0. The van der Waals surface area contributed by atoms with E-state index < -0.39 is 5.43 Å². The molecule has 0 unspecified atom stereocenters. The molecule has 228 valence electrons. The fourth-order valence-corrected chi connectivity index (χ4v) is 9.01. The van der Waals surface area contributed by atoms with Gasteiger partial charge in [0, 0.05) is 0 Å². The molecule has 0 heterocycles. The van der Waals surface area contributed by atoms with Crippen LogP contribution >= 0.6 is 0 Å². The predicted molar refractivity (Wildman–Crippen MR) is 180 cm³/mol. The molecule has 0 aliphatic heterocycles. The number of hydrogen-bond donors (Lipinski definition) is 0. The van der Waals surface area contributed by atoms with E-state index in [1.165, 1.54) is 54.9 Å². The number of halogens is 2. The van der Waals surface area contributed by atoms with E-state index in [1.807, 2.05) is 30.3 Å². The Hall–Kier alpha value is -2.09. The molecule has 0 saturated carbocycles. The number of aryl methyl sites for hydroxylation is 2. The quantitative estimate of drug-likeness (QED) is 0.191. The Morgan fingerprint density at radius 1 is 0.659 bits per heavy atom. The van der Waals surface area contributed by atoms with Crippen molar-refractivity contribution in [2.24, 2.45) is 0 Å². The third kappa shape index (κ3) is 10.2. The van der Waals surface area contributed by atoms with Gasteiger partial charge in [-0.2, -0.15) is 42.0 Å². The first-order chi connectivity index (χ1) is 19.8. The van der Waals surface area contributed by atoms with Crippen molar-refractivity contribution in [2.75, 3.05) is 0 Å². The molecule has 1 aliphatic carbocycles. The maximum atomic E-state index is 3.67. The van der Waals surface area contributed by atoms with Crippen LogP contribution in [0.2, 0.25) is 0 Å². The van der Waals surface area contributed by atoms with Crippen LogP contribution in [-0.2, 0) is 40.6 Å². The minimum Gasteiger partial charge on any atom is -1.00 e. The maximum Gasteiger partial charge on any atom is -0.172 e. The zero-order chi connectivity index (χ0) is 30.5. The van der Waals surface area contributed by atoms with Crippen molar-refractivity contribution in [3.8, 4) is 11.1 Å². The Morgan fingerprint density at radius 2 is 1.20 bits per heavy atom. The Labute approximate surface area is 294 Å². The van der Waals surface area contributed by atoms with E-state index in [-0.39, 0.29) is 35.6 Å². The summed E-state index contributed by atoms with van der Waals surface area (Å²) in [7, 11) is 0. The summed E-state index contributed by atoms with van der Waals surface area (Å²) in [5.41, 5.74) is 10.9. The molecule has 44 heavy (non-hydrogen) atoms. The molecule has 0 fully saturated rings. The van der Waals surface area contributed by atoms with Crippen LogP contribution in [0.1, 0.15) is 74.9 Å². The van der Waals surface area contributed by atoms with E-state index in [9.17, 15) is 0 Å². The summed E-state index contributed by atoms with van der Waals surface area (Å²) in [6.45, 7) is 17.9. The Bertz CT molecular complexity index is 1530. The average molecular weight is 715 g/mol. The Kier molecular flexibility index (Phi) is 14.3. The molecule has 0 nitrogen and oxygen atoms in total. The molecular formula is C40H44Cl2SiZr-2. The number of rotatable bonds is 2. The number of fused-ring (bicyclic) bond motifs is 3. The van der Waals surface area contributed by atoms with E-state index in [1.54, 1.807) is 23.3 Å². The van der Waals surface area contributed by atoms with Gasteiger partial charge in [-0.1, -0.05) is 65.3 Å². The fraction of sp³-hybridized carbons (Fsp3) is 0.275. The van der Waals surface area contributed by atoms with E-state index in [0.717, 1.165) is 6.42 Å². The summed E-state index contributed by atoms with van der Waals surface area (Å²) in [6, 6.07) is 43.1. The minimum absolute atomic E-state index is 0. The average Bonchev–Trinajstić information content (AvgIpc) is 3.63. The largest absolute Gasteiger partial charge is 1.00 e. The number of hydrogen-bond acceptors (Lipinski definition) is 0. The van der Waals surface area contributed by atoms with Crippen molar-refractivity contribution in [1.82, 2.24) is 0 Å². The monoisotopic (exact) mass is 712 g/mol. The van der Waals surface area contributed by atoms with Crippen LogP contribution in [0.15, 0.2) is 109 Å². The second kappa shape index (κ2) is 16.5. The number of benzene rings is 4. The van der Waals surface area contributed by atoms with Gasteiger partial charge in [0.05, 0.1) is 0 Å². The molecule has 0 bridgehead atoms. The molecule has 0 aromatic heterocycles. The van der Waals surface area contributed by atoms with Crippen molar-refractivity contribution in [3.05, 3.63) is 149 Å². The van der Waals surface area contributed by atoms with Crippen LogP contribution in [-0.4, -0.2) is 5.43 Å². The van der Waals surface area contributed by atoms with Gasteiger partial charge in [-0.15, -0.1) is 11.1 Å². The molecule has 0 amide bonds. The van der Waals surface area contributed by atoms with Gasteiger partial charge in [0.15, 0.2) is 0 Å². The summed E-state index contributed by atoms with van der Waals surface area (Å²) in [4.78, 5) is 0. The predicted octanol–water partition coefficient (Wildman–Crippen LogP) is 3.02. The fourth-order valence-electron chi connectivity index (χ4n) is 5.12. The third-order valence-electron chi connectivity index (χ3n) is 7.63. The standard InChI is InChI=1S/C21H25.C14H14Si.C5H5.2ClH.Zr/c1-20(2,3)16-7-9-18-14(12-16)11-15-13-17(21(4,5)6)8-10-19(15)18;1-11-5-3-7-13(9-11)15-14-8-4-6-12(2)10-14;1-2-4-5-3-1;;;/h7-10,12H,11H2,1-6H3;3-10H,1-2H3;1-5H;2*1H;/q-1;;-1;;;+2/p-2. The molecular weight excluding hydrogens is 671 g/mol. The molecule has 0 spiro atoms. The molecule has 5 aromatic rings. The summed E-state index contributed by atoms with van der Waals surface area (Å²) in [5, 5.41) is 3.07. The summed E-state index contributed by atoms with van der Waals surface area (Å²) >= 11 is 1.65. The normalized spacial score (nSPS) is 11.3. The van der Waals surface area contributed by atoms with Gasteiger partial charge in [-0.25, -0.2) is 12.1 Å². The van der Waals surface area contributed by atoms with Crippen LogP contribution in [0.3, 0.4) is 0 Å². The second-order valence-corrected chi connectivity index (χ2v) is 19.0. The zero-order valence-electron chi connectivity index (χ0n) is 27.4. The molecule has 0 N–H and O–H groups in total. The minimum atomic E-state index is -0.499. The summed E-state index contributed by atoms with van der Waals surface area (Å²) in [6.07, 6.45) is 1.03. The van der Waals surface area contributed by atoms with Crippen LogP contribution in [0.25, 0.3) is 11.1 Å². The van der Waals surface area contributed by atoms with Crippen LogP contribution in [0.5, 0.6) is 0 Å². The molecule has 0 radical (unpaired) electrons. The van der Waals surface area contributed by atoms with Crippen LogP contribution in [0.4, 0.5) is 0 Å². The molecule has 0 atom stereocenters. The van der Waals surface area contributed by atoms with Crippen LogP contribution < -0.4 is 35.2 Å². The van der Waals surface area contributed by atoms with E-state index in [2.05, 4.69) is 140 Å². The van der Waals surface area contributed by atoms with Gasteiger partial charge in [-0.05, 0) is 28.4 Å². The Balaban J connectivity index is 0.000000260. The molecule has 6 rings (SSSR count). The van der Waals surface area contributed by atoms with Gasteiger partial charge in [0.2, 0.25) is 0 Å². The maximum absolute atomic E-state index is 3.67. The zero-order valence-corrected chi connectivity index (χ0v) is 32.3. The first-order valence-electron chi connectivity index (χ1n) is 14.9. The SMILES string of the molecule is CC(C)(C)c1[c-]c2c(cc1)-c1ccc(C(C)(C)C)cc1C2.Cc1cccc([Si](=[Zr+2])c2cccc(C)c2)c1.[Cl-].[Cl-].c1cc[cH-]c1. The van der Waals surface area contributed by atoms with Crippen molar-refractivity contribution < 1.29 is 48.1 Å². The van der Waals surface area contributed by atoms with Gasteiger partial charge in [0.1, 0.15) is 0 Å². The summed E-state index contributed by atoms with van der Waals surface area (Å²) < 4.78 is 0. The molecule has 1 aliphatic rings. The first-order valence-corrected chi connectivity index (χ1v) is 20.1. The van der Waals surface area contributed by atoms with E-state index in [0.29, 0.717) is 0 Å². The van der Waals surface area contributed by atoms with Gasteiger partial charge >= 0.3 is 113 Å². The van der Waals surface area contributed by atoms with E-state index >= 15 is 0 Å². The first kappa shape index (κ1) is 38.1. The van der Waals surface area contributed by atoms with Crippen molar-refractivity contribution in [1.29, 1.82) is 0 Å². The van der Waals surface area contributed by atoms with Gasteiger partial charge < -0.3 is 24.8 Å². The smallest absolute Gasteiger partial charge is 0.172 e. The molecule has 0 saturated heterocycles. The van der Waals surface area contributed by atoms with E-state index in [4.69, 9.17) is 0 Å². The molecule has 5 aromatic carbocycles. The van der Waals surface area contributed by atoms with Crippen molar-refractivity contribution in [2.45, 2.75) is 72.6 Å². The third-order valence-corrected chi connectivity index (χ3v) is 13.7. The second-order valence-electron chi connectivity index (χ2n) is 13.4. The Morgan fingerprint density at radius 3 is 1.66 bits per heavy atom. The van der Waals surface area contributed by atoms with Gasteiger partial charge in [0.25, 0.3) is 0 Å². The molecule has 4 heteroatoms. The van der Waals surface area contributed by atoms with Crippen molar-refractivity contribution >= 4 is 15.8 Å². The van der Waals surface area contributed by atoms with Crippen LogP contribution in [0, 0.1) is 19.9 Å².